The summed E-state index contributed by atoms with van der Waals surface area (Å²) in [5.41, 5.74) is 2.13. The van der Waals surface area contributed by atoms with Crippen molar-refractivity contribution in [2.45, 2.75) is 32.7 Å². The second-order valence-corrected chi connectivity index (χ2v) is 5.94. The Bertz CT molecular complexity index is 609. The number of hydrogen-bond acceptors (Lipinski definition) is 3. The predicted octanol–water partition coefficient (Wildman–Crippen LogP) is 3.52. The summed E-state index contributed by atoms with van der Waals surface area (Å²) in [7, 11) is 1.67. The van der Waals surface area contributed by atoms with E-state index in [1.807, 2.05) is 12.1 Å². The Morgan fingerprint density at radius 1 is 1.29 bits per heavy atom. The summed E-state index contributed by atoms with van der Waals surface area (Å²) < 4.78 is 10.5. The SMILES string of the molecule is COc1ccc(CNC(=O)c2ccco2)cc1C(C)(C)C. The number of hydrogen-bond donors (Lipinski definition) is 1. The van der Waals surface area contributed by atoms with Crippen LogP contribution in [0.2, 0.25) is 0 Å². The van der Waals surface area contributed by atoms with Crippen LogP contribution in [0.1, 0.15) is 42.5 Å². The molecule has 1 aromatic heterocycles. The molecule has 4 heteroatoms. The molecule has 0 unspecified atom stereocenters. The van der Waals surface area contributed by atoms with E-state index in [-0.39, 0.29) is 11.3 Å². The quantitative estimate of drug-likeness (QED) is 0.936. The van der Waals surface area contributed by atoms with Gasteiger partial charge < -0.3 is 14.5 Å². The lowest BCUT2D eigenvalue weighted by atomic mass is 9.85. The molecule has 0 atom stereocenters. The van der Waals surface area contributed by atoms with E-state index in [2.05, 4.69) is 32.2 Å². The lowest BCUT2D eigenvalue weighted by Crippen LogP contribution is -2.22. The molecule has 0 aliphatic rings. The molecular formula is C17H21NO3. The van der Waals surface area contributed by atoms with Crippen molar-refractivity contribution in [1.29, 1.82) is 0 Å². The van der Waals surface area contributed by atoms with Crippen LogP contribution < -0.4 is 10.1 Å². The number of amides is 1. The molecule has 2 rings (SSSR count). The summed E-state index contributed by atoms with van der Waals surface area (Å²) in [5, 5.41) is 2.84. The van der Waals surface area contributed by atoms with Crippen molar-refractivity contribution in [2.75, 3.05) is 7.11 Å². The standard InChI is InChI=1S/C17H21NO3/c1-17(2,3)13-10-12(7-8-14(13)20-4)11-18-16(19)15-6-5-9-21-15/h5-10H,11H2,1-4H3,(H,18,19). The molecule has 0 fully saturated rings. The minimum Gasteiger partial charge on any atom is -0.496 e. The molecular weight excluding hydrogens is 266 g/mol. The fourth-order valence-electron chi connectivity index (χ4n) is 2.13. The molecule has 112 valence electrons. The van der Waals surface area contributed by atoms with Crippen molar-refractivity contribution in [3.63, 3.8) is 0 Å². The Balaban J connectivity index is 2.12. The van der Waals surface area contributed by atoms with Crippen molar-refractivity contribution >= 4 is 5.91 Å². The fourth-order valence-corrected chi connectivity index (χ4v) is 2.13. The van der Waals surface area contributed by atoms with Gasteiger partial charge in [-0.2, -0.15) is 0 Å². The zero-order chi connectivity index (χ0) is 15.5. The first-order chi connectivity index (χ1) is 9.91. The normalized spacial score (nSPS) is 11.2. The second kappa shape index (κ2) is 6.04. The van der Waals surface area contributed by atoms with Crippen LogP contribution in [0.3, 0.4) is 0 Å². The van der Waals surface area contributed by atoms with Gasteiger partial charge in [0.1, 0.15) is 5.75 Å². The highest BCUT2D eigenvalue weighted by molar-refractivity contribution is 5.91. The molecule has 0 saturated carbocycles. The van der Waals surface area contributed by atoms with Gasteiger partial charge in [-0.3, -0.25) is 4.79 Å². The Kier molecular flexibility index (Phi) is 4.36. The largest absolute Gasteiger partial charge is 0.496 e. The van der Waals surface area contributed by atoms with E-state index in [1.165, 1.54) is 6.26 Å². The first-order valence-electron chi connectivity index (χ1n) is 6.91. The van der Waals surface area contributed by atoms with Crippen molar-refractivity contribution in [3.05, 3.63) is 53.5 Å². The van der Waals surface area contributed by atoms with E-state index < -0.39 is 0 Å². The van der Waals surface area contributed by atoms with Crippen LogP contribution in [0.15, 0.2) is 41.0 Å². The molecule has 21 heavy (non-hydrogen) atoms. The molecule has 1 aromatic carbocycles. The first kappa shape index (κ1) is 15.2. The van der Waals surface area contributed by atoms with Crippen LogP contribution in [0.4, 0.5) is 0 Å². The average molecular weight is 287 g/mol. The lowest BCUT2D eigenvalue weighted by molar-refractivity contribution is 0.0923. The predicted molar refractivity (Wildman–Crippen MR) is 81.6 cm³/mol. The molecule has 1 N–H and O–H groups in total. The van der Waals surface area contributed by atoms with Crippen LogP contribution in [-0.2, 0) is 12.0 Å². The number of rotatable bonds is 4. The summed E-state index contributed by atoms with van der Waals surface area (Å²) in [6, 6.07) is 9.30. The Morgan fingerprint density at radius 3 is 2.62 bits per heavy atom. The summed E-state index contributed by atoms with van der Waals surface area (Å²) in [6.45, 7) is 6.86. The Morgan fingerprint density at radius 2 is 2.05 bits per heavy atom. The Hall–Kier alpha value is -2.23. The van der Waals surface area contributed by atoms with E-state index in [4.69, 9.17) is 9.15 Å². The smallest absolute Gasteiger partial charge is 0.287 e. The van der Waals surface area contributed by atoms with E-state index in [9.17, 15) is 4.79 Å². The third kappa shape index (κ3) is 3.66. The number of methoxy groups -OCH3 is 1. The zero-order valence-corrected chi connectivity index (χ0v) is 12.9. The van der Waals surface area contributed by atoms with Gasteiger partial charge in [0.15, 0.2) is 5.76 Å². The molecule has 2 aromatic rings. The number of benzene rings is 1. The minimum absolute atomic E-state index is 0.0215. The summed E-state index contributed by atoms with van der Waals surface area (Å²) in [6.07, 6.45) is 1.49. The molecule has 0 radical (unpaired) electrons. The minimum atomic E-state index is -0.215. The molecule has 0 bridgehead atoms. The number of nitrogens with one attached hydrogen (secondary N) is 1. The molecule has 0 aliphatic carbocycles. The van der Waals surface area contributed by atoms with Gasteiger partial charge in [0.25, 0.3) is 5.91 Å². The molecule has 1 amide bonds. The topological polar surface area (TPSA) is 51.5 Å². The van der Waals surface area contributed by atoms with Crippen LogP contribution >= 0.6 is 0 Å². The van der Waals surface area contributed by atoms with Crippen LogP contribution in [0, 0.1) is 0 Å². The molecule has 4 nitrogen and oxygen atoms in total. The number of carbonyl (C=O) groups excluding carboxylic acids is 1. The van der Waals surface area contributed by atoms with Crippen LogP contribution in [0.5, 0.6) is 5.75 Å². The van der Waals surface area contributed by atoms with E-state index in [0.29, 0.717) is 12.3 Å². The average Bonchev–Trinajstić information content (AvgIpc) is 2.97. The number of carbonyl (C=O) groups is 1. The summed E-state index contributed by atoms with van der Waals surface area (Å²) in [4.78, 5) is 11.9. The maximum Gasteiger partial charge on any atom is 0.287 e. The van der Waals surface area contributed by atoms with Gasteiger partial charge in [0.05, 0.1) is 13.4 Å². The summed E-state index contributed by atoms with van der Waals surface area (Å²) >= 11 is 0. The third-order valence-corrected chi connectivity index (χ3v) is 3.27. The number of ether oxygens (including phenoxy) is 1. The van der Waals surface area contributed by atoms with Gasteiger partial charge in [0, 0.05) is 6.54 Å². The fraction of sp³-hybridized carbons (Fsp3) is 0.353. The van der Waals surface area contributed by atoms with Crippen LogP contribution in [0.25, 0.3) is 0 Å². The number of furan rings is 1. The lowest BCUT2D eigenvalue weighted by Gasteiger charge is -2.23. The summed E-state index contributed by atoms with van der Waals surface area (Å²) in [5.74, 6) is 0.969. The van der Waals surface area contributed by atoms with Gasteiger partial charge in [0.2, 0.25) is 0 Å². The highest BCUT2D eigenvalue weighted by Gasteiger charge is 2.19. The molecule has 0 aliphatic heterocycles. The monoisotopic (exact) mass is 287 g/mol. The van der Waals surface area contributed by atoms with Crippen molar-refractivity contribution < 1.29 is 13.9 Å². The maximum atomic E-state index is 11.9. The molecule has 0 saturated heterocycles. The van der Waals surface area contributed by atoms with Crippen molar-refractivity contribution in [2.24, 2.45) is 0 Å². The van der Waals surface area contributed by atoms with Gasteiger partial charge in [-0.15, -0.1) is 0 Å². The van der Waals surface area contributed by atoms with E-state index in [0.717, 1.165) is 16.9 Å². The van der Waals surface area contributed by atoms with E-state index >= 15 is 0 Å². The van der Waals surface area contributed by atoms with Gasteiger partial charge >= 0.3 is 0 Å². The molecule has 1 heterocycles. The van der Waals surface area contributed by atoms with Crippen LogP contribution in [-0.4, -0.2) is 13.0 Å². The zero-order valence-electron chi connectivity index (χ0n) is 12.9. The highest BCUT2D eigenvalue weighted by atomic mass is 16.5. The van der Waals surface area contributed by atoms with Crippen molar-refractivity contribution in [1.82, 2.24) is 5.32 Å². The third-order valence-electron chi connectivity index (χ3n) is 3.27. The van der Waals surface area contributed by atoms with E-state index in [1.54, 1.807) is 19.2 Å². The highest BCUT2D eigenvalue weighted by Crippen LogP contribution is 2.31. The second-order valence-electron chi connectivity index (χ2n) is 5.94. The maximum absolute atomic E-state index is 11.9. The Labute approximate surface area is 125 Å². The van der Waals surface area contributed by atoms with Crippen molar-refractivity contribution in [3.8, 4) is 5.75 Å². The first-order valence-corrected chi connectivity index (χ1v) is 6.91. The van der Waals surface area contributed by atoms with Gasteiger partial charge in [-0.1, -0.05) is 26.8 Å². The van der Waals surface area contributed by atoms with Gasteiger partial charge in [-0.05, 0) is 40.8 Å². The van der Waals surface area contributed by atoms with Gasteiger partial charge in [-0.25, -0.2) is 0 Å². The molecule has 0 spiro atoms.